The van der Waals surface area contributed by atoms with Crippen LogP contribution in [0.3, 0.4) is 0 Å². The van der Waals surface area contributed by atoms with Crippen molar-refractivity contribution in [1.29, 1.82) is 0 Å². The Morgan fingerprint density at radius 3 is 2.87 bits per heavy atom. The largest absolute Gasteiger partial charge is 0.480 e. The fourth-order valence-electron chi connectivity index (χ4n) is 2.76. The number of hydrogen-bond acceptors (Lipinski definition) is 3. The highest BCUT2D eigenvalue weighted by molar-refractivity contribution is 7.99. The Balaban J connectivity index is 2.03. The van der Waals surface area contributed by atoms with Gasteiger partial charge >= 0.3 is 5.97 Å². The molecule has 1 N–H and O–H groups in total. The minimum Gasteiger partial charge on any atom is -0.480 e. The molecule has 3 atom stereocenters. The maximum absolute atomic E-state index is 11.2. The maximum Gasteiger partial charge on any atom is 0.321 e. The van der Waals surface area contributed by atoms with Gasteiger partial charge in [-0.25, -0.2) is 0 Å². The molecule has 2 aliphatic heterocycles. The molecular formula is C11H19NO2S. The monoisotopic (exact) mass is 229 g/mol. The molecule has 0 spiro atoms. The van der Waals surface area contributed by atoms with Crippen molar-refractivity contribution < 1.29 is 9.90 Å². The van der Waals surface area contributed by atoms with Crippen LogP contribution in [0.25, 0.3) is 0 Å². The van der Waals surface area contributed by atoms with Crippen LogP contribution in [0.2, 0.25) is 0 Å². The van der Waals surface area contributed by atoms with Crippen molar-refractivity contribution in [2.24, 2.45) is 5.92 Å². The maximum atomic E-state index is 11.2. The molecule has 2 rings (SSSR count). The highest BCUT2D eigenvalue weighted by Gasteiger charge is 2.40. The lowest BCUT2D eigenvalue weighted by molar-refractivity contribution is -0.144. The molecule has 0 saturated carbocycles. The third-order valence-corrected chi connectivity index (χ3v) is 4.80. The van der Waals surface area contributed by atoms with Crippen LogP contribution in [0.4, 0.5) is 0 Å². The predicted octanol–water partition coefficient (Wildman–Crippen LogP) is 1.68. The molecule has 2 aliphatic rings. The number of rotatable bonds is 2. The summed E-state index contributed by atoms with van der Waals surface area (Å²) in [6.07, 6.45) is 3.47. The number of likely N-dealkylation sites (tertiary alicyclic amines) is 1. The highest BCUT2D eigenvalue weighted by Crippen LogP contribution is 2.31. The summed E-state index contributed by atoms with van der Waals surface area (Å²) in [4.78, 5) is 13.5. The summed E-state index contributed by atoms with van der Waals surface area (Å²) in [5, 5.41) is 9.24. The Morgan fingerprint density at radius 1 is 1.47 bits per heavy atom. The van der Waals surface area contributed by atoms with Gasteiger partial charge in [0.15, 0.2) is 0 Å². The van der Waals surface area contributed by atoms with Crippen molar-refractivity contribution in [1.82, 2.24) is 4.90 Å². The molecule has 0 aromatic carbocycles. The summed E-state index contributed by atoms with van der Waals surface area (Å²) < 4.78 is 0. The molecule has 0 amide bonds. The van der Waals surface area contributed by atoms with Crippen LogP contribution in [0.5, 0.6) is 0 Å². The van der Waals surface area contributed by atoms with Crippen LogP contribution in [0, 0.1) is 5.92 Å². The van der Waals surface area contributed by atoms with Gasteiger partial charge in [0.25, 0.3) is 0 Å². The summed E-state index contributed by atoms with van der Waals surface area (Å²) in [5.41, 5.74) is 0. The van der Waals surface area contributed by atoms with E-state index >= 15 is 0 Å². The van der Waals surface area contributed by atoms with E-state index in [4.69, 9.17) is 0 Å². The Morgan fingerprint density at radius 2 is 2.27 bits per heavy atom. The lowest BCUT2D eigenvalue weighted by Gasteiger charge is -2.34. The van der Waals surface area contributed by atoms with Gasteiger partial charge in [0.2, 0.25) is 0 Å². The van der Waals surface area contributed by atoms with Gasteiger partial charge in [-0.2, -0.15) is 11.8 Å². The molecule has 0 radical (unpaired) electrons. The Kier molecular flexibility index (Phi) is 3.57. The summed E-state index contributed by atoms with van der Waals surface area (Å²) in [6.45, 7) is 3.04. The summed E-state index contributed by atoms with van der Waals surface area (Å²) in [7, 11) is 0. The molecule has 0 bridgehead atoms. The molecule has 3 unspecified atom stereocenters. The minimum absolute atomic E-state index is 0.228. The zero-order chi connectivity index (χ0) is 10.8. The van der Waals surface area contributed by atoms with Crippen molar-refractivity contribution >= 4 is 17.7 Å². The molecule has 0 aromatic heterocycles. The third-order valence-electron chi connectivity index (χ3n) is 3.60. The van der Waals surface area contributed by atoms with E-state index in [1.165, 1.54) is 18.6 Å². The smallest absolute Gasteiger partial charge is 0.321 e. The zero-order valence-corrected chi connectivity index (χ0v) is 10.0. The van der Waals surface area contributed by atoms with E-state index < -0.39 is 5.97 Å². The average Bonchev–Trinajstić information content (AvgIpc) is 2.61. The van der Waals surface area contributed by atoms with Crippen molar-refractivity contribution in [3.8, 4) is 0 Å². The first-order chi connectivity index (χ1) is 7.20. The normalized spacial score (nSPS) is 38.1. The van der Waals surface area contributed by atoms with E-state index in [-0.39, 0.29) is 6.04 Å². The first-order valence-corrected chi connectivity index (χ1v) is 6.92. The van der Waals surface area contributed by atoms with Crippen molar-refractivity contribution in [2.45, 2.75) is 38.3 Å². The van der Waals surface area contributed by atoms with Gasteiger partial charge in [-0.3, -0.25) is 9.69 Å². The van der Waals surface area contributed by atoms with Gasteiger partial charge in [-0.05, 0) is 37.5 Å². The first-order valence-electron chi connectivity index (χ1n) is 5.76. The molecule has 0 aromatic rings. The van der Waals surface area contributed by atoms with Crippen molar-refractivity contribution in [3.05, 3.63) is 0 Å². The standard InChI is InChI=1S/C11H19NO2S/c1-8-4-5-12(10(8)11(13)14)9-3-2-6-15-7-9/h8-10H,2-7H2,1H3,(H,13,14). The second-order valence-electron chi connectivity index (χ2n) is 4.66. The average molecular weight is 229 g/mol. The van der Waals surface area contributed by atoms with Crippen LogP contribution < -0.4 is 0 Å². The van der Waals surface area contributed by atoms with Crippen molar-refractivity contribution in [3.63, 3.8) is 0 Å². The topological polar surface area (TPSA) is 40.5 Å². The zero-order valence-electron chi connectivity index (χ0n) is 9.19. The molecular weight excluding hydrogens is 210 g/mol. The molecule has 2 heterocycles. The van der Waals surface area contributed by atoms with E-state index in [1.807, 2.05) is 11.8 Å². The molecule has 4 heteroatoms. The van der Waals surface area contributed by atoms with Gasteiger partial charge in [-0.15, -0.1) is 0 Å². The number of carboxylic acids is 1. The number of aliphatic carboxylic acids is 1. The quantitative estimate of drug-likeness (QED) is 0.782. The first kappa shape index (κ1) is 11.3. The minimum atomic E-state index is -0.629. The number of carbonyl (C=O) groups is 1. The van der Waals surface area contributed by atoms with Gasteiger partial charge in [-0.1, -0.05) is 6.92 Å². The molecule has 2 saturated heterocycles. The van der Waals surface area contributed by atoms with Crippen LogP contribution >= 0.6 is 11.8 Å². The van der Waals surface area contributed by atoms with Crippen LogP contribution in [-0.2, 0) is 4.79 Å². The van der Waals surface area contributed by atoms with E-state index in [9.17, 15) is 9.90 Å². The summed E-state index contributed by atoms with van der Waals surface area (Å²) >= 11 is 1.97. The fourth-order valence-corrected chi connectivity index (χ4v) is 3.92. The number of carboxylic acid groups (broad SMARTS) is 1. The fraction of sp³-hybridized carbons (Fsp3) is 0.909. The summed E-state index contributed by atoms with van der Waals surface area (Å²) in [5.74, 6) is 2.05. The third kappa shape index (κ3) is 2.31. The predicted molar refractivity (Wildman–Crippen MR) is 62.3 cm³/mol. The van der Waals surface area contributed by atoms with Crippen molar-refractivity contribution in [2.75, 3.05) is 18.1 Å². The van der Waals surface area contributed by atoms with Gasteiger partial charge in [0, 0.05) is 11.8 Å². The van der Waals surface area contributed by atoms with Crippen LogP contribution in [-0.4, -0.2) is 46.1 Å². The number of hydrogen-bond donors (Lipinski definition) is 1. The van der Waals surface area contributed by atoms with E-state index in [0.717, 1.165) is 18.7 Å². The molecule has 0 aliphatic carbocycles. The summed E-state index contributed by atoms with van der Waals surface area (Å²) in [6, 6.07) is 0.281. The van der Waals surface area contributed by atoms with Gasteiger partial charge < -0.3 is 5.11 Å². The van der Waals surface area contributed by atoms with E-state index in [0.29, 0.717) is 12.0 Å². The molecule has 2 fully saturated rings. The Hall–Kier alpha value is -0.220. The molecule has 86 valence electrons. The molecule has 3 nitrogen and oxygen atoms in total. The Labute approximate surface area is 95.2 Å². The number of nitrogens with zero attached hydrogens (tertiary/aromatic N) is 1. The van der Waals surface area contributed by atoms with Crippen LogP contribution in [0.15, 0.2) is 0 Å². The van der Waals surface area contributed by atoms with E-state index in [1.54, 1.807) is 0 Å². The lowest BCUT2D eigenvalue weighted by atomic mass is 10.0. The second-order valence-corrected chi connectivity index (χ2v) is 5.81. The SMILES string of the molecule is CC1CCN(C2CCCSC2)C1C(=O)O. The second kappa shape index (κ2) is 4.74. The van der Waals surface area contributed by atoms with Crippen LogP contribution in [0.1, 0.15) is 26.2 Å². The van der Waals surface area contributed by atoms with Gasteiger partial charge in [0.05, 0.1) is 0 Å². The number of thioether (sulfide) groups is 1. The molecule has 15 heavy (non-hydrogen) atoms. The Bertz CT molecular complexity index is 241. The lowest BCUT2D eigenvalue weighted by Crippen LogP contribution is -2.47. The van der Waals surface area contributed by atoms with E-state index in [2.05, 4.69) is 11.8 Å². The highest BCUT2D eigenvalue weighted by atomic mass is 32.2. The van der Waals surface area contributed by atoms with Gasteiger partial charge in [0.1, 0.15) is 6.04 Å².